The number of rotatable bonds is 4. The summed E-state index contributed by atoms with van der Waals surface area (Å²) >= 11 is 5.75. The van der Waals surface area contributed by atoms with Gasteiger partial charge in [0.2, 0.25) is 0 Å². The van der Waals surface area contributed by atoms with Crippen molar-refractivity contribution in [2.24, 2.45) is 5.92 Å². The lowest BCUT2D eigenvalue weighted by Gasteiger charge is -2.35. The van der Waals surface area contributed by atoms with E-state index in [0.717, 1.165) is 38.2 Å². The summed E-state index contributed by atoms with van der Waals surface area (Å²) in [5.41, 5.74) is 0.0214. The summed E-state index contributed by atoms with van der Waals surface area (Å²) in [6.45, 7) is 3.53. The van der Waals surface area contributed by atoms with E-state index in [1.165, 1.54) is 25.0 Å². The minimum Gasteiger partial charge on any atom is -0.314 e. The highest BCUT2D eigenvalue weighted by Gasteiger charge is 2.35. The summed E-state index contributed by atoms with van der Waals surface area (Å²) in [6.07, 6.45) is -1.07. The zero-order chi connectivity index (χ0) is 15.7. The molecule has 7 heteroatoms. The van der Waals surface area contributed by atoms with Crippen LogP contribution in [0.1, 0.15) is 36.4 Å². The van der Waals surface area contributed by atoms with Crippen LogP contribution >= 0.6 is 24.0 Å². The van der Waals surface area contributed by atoms with Crippen LogP contribution in [0.5, 0.6) is 0 Å². The van der Waals surface area contributed by atoms with E-state index in [2.05, 4.69) is 10.2 Å². The highest BCUT2D eigenvalue weighted by atomic mass is 35.5. The molecule has 2 nitrogen and oxygen atoms in total. The average molecular weight is 369 g/mol. The first-order valence-corrected chi connectivity index (χ1v) is 8.14. The minimum absolute atomic E-state index is 0. The van der Waals surface area contributed by atoms with Crippen LogP contribution in [0.15, 0.2) is 18.2 Å². The standard InChI is InChI=1S/C16H20ClF3N2.ClH/c17-14-4-3-12(10-13(14)16(18,19)20)15(9-11-1-2-11)22-7-5-21-6-8-22;/h3-4,10-11,15,21H,1-2,5-9H2;1H/t15-;/m0./s1. The van der Waals surface area contributed by atoms with E-state index in [9.17, 15) is 13.2 Å². The normalized spacial score (nSPS) is 20.9. The number of nitrogens with one attached hydrogen (secondary N) is 1. The maximum atomic E-state index is 13.1. The van der Waals surface area contributed by atoms with Crippen LogP contribution in [0.25, 0.3) is 0 Å². The second-order valence-electron chi connectivity index (χ2n) is 6.22. The Kier molecular flexibility index (Phi) is 6.22. The molecule has 0 aromatic heterocycles. The Morgan fingerprint density at radius 1 is 1.22 bits per heavy atom. The van der Waals surface area contributed by atoms with Crippen LogP contribution in [0.4, 0.5) is 13.2 Å². The van der Waals surface area contributed by atoms with E-state index < -0.39 is 11.7 Å². The molecule has 0 radical (unpaired) electrons. The molecule has 2 fully saturated rings. The van der Waals surface area contributed by atoms with Gasteiger partial charge in [0.25, 0.3) is 0 Å². The van der Waals surface area contributed by atoms with E-state index in [4.69, 9.17) is 11.6 Å². The quantitative estimate of drug-likeness (QED) is 0.839. The van der Waals surface area contributed by atoms with Gasteiger partial charge in [-0.25, -0.2) is 0 Å². The highest BCUT2D eigenvalue weighted by Crippen LogP contribution is 2.42. The predicted molar refractivity (Wildman–Crippen MR) is 88.2 cm³/mol. The predicted octanol–water partition coefficient (Wildman–Crippen LogP) is 4.53. The van der Waals surface area contributed by atoms with Gasteiger partial charge < -0.3 is 5.32 Å². The molecule has 1 aromatic carbocycles. The van der Waals surface area contributed by atoms with Crippen molar-refractivity contribution in [3.05, 3.63) is 34.3 Å². The molecule has 1 atom stereocenters. The molecule has 0 bridgehead atoms. The molecule has 23 heavy (non-hydrogen) atoms. The van der Waals surface area contributed by atoms with E-state index in [1.54, 1.807) is 6.07 Å². The largest absolute Gasteiger partial charge is 0.417 e. The van der Waals surface area contributed by atoms with Gasteiger partial charge in [-0.15, -0.1) is 12.4 Å². The number of halogens is 5. The molecular formula is C16H21Cl2F3N2. The van der Waals surface area contributed by atoms with Crippen molar-refractivity contribution in [1.29, 1.82) is 0 Å². The summed E-state index contributed by atoms with van der Waals surface area (Å²) in [6, 6.07) is 4.46. The number of alkyl halides is 3. The fourth-order valence-electron chi connectivity index (χ4n) is 3.13. The topological polar surface area (TPSA) is 15.3 Å². The first-order chi connectivity index (χ1) is 10.4. The average Bonchev–Trinajstić information content (AvgIpc) is 3.29. The van der Waals surface area contributed by atoms with Crippen molar-refractivity contribution in [3.63, 3.8) is 0 Å². The van der Waals surface area contributed by atoms with Crippen molar-refractivity contribution in [3.8, 4) is 0 Å². The first-order valence-electron chi connectivity index (χ1n) is 7.76. The summed E-state index contributed by atoms with van der Waals surface area (Å²) in [5.74, 6) is 0.657. The van der Waals surface area contributed by atoms with Gasteiger partial charge in [0.15, 0.2) is 0 Å². The summed E-state index contributed by atoms with van der Waals surface area (Å²) in [5, 5.41) is 3.07. The van der Waals surface area contributed by atoms with Gasteiger partial charge in [0.1, 0.15) is 0 Å². The lowest BCUT2D eigenvalue weighted by molar-refractivity contribution is -0.137. The Morgan fingerprint density at radius 2 is 1.87 bits per heavy atom. The monoisotopic (exact) mass is 368 g/mol. The van der Waals surface area contributed by atoms with Gasteiger partial charge in [0.05, 0.1) is 10.6 Å². The molecule has 0 spiro atoms. The molecule has 1 aliphatic heterocycles. The van der Waals surface area contributed by atoms with Crippen LogP contribution in [0.3, 0.4) is 0 Å². The van der Waals surface area contributed by atoms with Crippen molar-refractivity contribution in [1.82, 2.24) is 10.2 Å². The number of hydrogen-bond donors (Lipinski definition) is 1. The molecule has 2 aliphatic rings. The Balaban J connectivity index is 0.00000192. The van der Waals surface area contributed by atoms with Crippen molar-refractivity contribution < 1.29 is 13.2 Å². The Labute approximate surface area is 145 Å². The maximum absolute atomic E-state index is 13.1. The SMILES string of the molecule is Cl.FC(F)(F)c1cc([C@H](CC2CC2)N2CCNCC2)ccc1Cl. The molecule has 3 rings (SSSR count). The molecule has 1 heterocycles. The van der Waals surface area contributed by atoms with Crippen molar-refractivity contribution in [2.45, 2.75) is 31.5 Å². The van der Waals surface area contributed by atoms with Crippen LogP contribution in [0, 0.1) is 5.92 Å². The number of piperazine rings is 1. The van der Waals surface area contributed by atoms with Gasteiger partial charge in [-0.2, -0.15) is 13.2 Å². The van der Waals surface area contributed by atoms with Crippen LogP contribution in [-0.2, 0) is 6.18 Å². The van der Waals surface area contributed by atoms with E-state index in [-0.39, 0.29) is 23.5 Å². The van der Waals surface area contributed by atoms with Crippen LogP contribution in [0.2, 0.25) is 5.02 Å². The third-order valence-electron chi connectivity index (χ3n) is 4.53. The minimum atomic E-state index is -4.40. The summed E-state index contributed by atoms with van der Waals surface area (Å²) < 4.78 is 39.3. The maximum Gasteiger partial charge on any atom is 0.417 e. The van der Waals surface area contributed by atoms with Crippen LogP contribution < -0.4 is 5.32 Å². The third kappa shape index (κ3) is 4.75. The Hall–Kier alpha value is -0.490. The fourth-order valence-corrected chi connectivity index (χ4v) is 3.35. The second-order valence-corrected chi connectivity index (χ2v) is 6.63. The van der Waals surface area contributed by atoms with Gasteiger partial charge in [-0.1, -0.05) is 30.5 Å². The number of hydrogen-bond acceptors (Lipinski definition) is 2. The summed E-state index contributed by atoms with van der Waals surface area (Å²) in [7, 11) is 0. The number of nitrogens with zero attached hydrogens (tertiary/aromatic N) is 1. The Morgan fingerprint density at radius 3 is 2.43 bits per heavy atom. The second kappa shape index (κ2) is 7.60. The molecule has 1 saturated heterocycles. The molecule has 1 N–H and O–H groups in total. The van der Waals surface area contributed by atoms with Crippen LogP contribution in [-0.4, -0.2) is 31.1 Å². The van der Waals surface area contributed by atoms with Gasteiger partial charge in [-0.05, 0) is 30.0 Å². The molecule has 1 aromatic rings. The molecule has 1 saturated carbocycles. The van der Waals surface area contributed by atoms with Gasteiger partial charge in [-0.3, -0.25) is 4.90 Å². The summed E-state index contributed by atoms with van der Waals surface area (Å²) in [4.78, 5) is 2.30. The lowest BCUT2D eigenvalue weighted by atomic mass is 9.97. The lowest BCUT2D eigenvalue weighted by Crippen LogP contribution is -2.45. The molecule has 1 aliphatic carbocycles. The number of benzene rings is 1. The first kappa shape index (κ1) is 18.8. The van der Waals surface area contributed by atoms with E-state index in [0.29, 0.717) is 5.92 Å². The van der Waals surface area contributed by atoms with Crippen molar-refractivity contribution >= 4 is 24.0 Å². The highest BCUT2D eigenvalue weighted by molar-refractivity contribution is 6.31. The van der Waals surface area contributed by atoms with Gasteiger partial charge >= 0.3 is 6.18 Å². The fraction of sp³-hybridized carbons (Fsp3) is 0.625. The smallest absolute Gasteiger partial charge is 0.314 e. The Bertz CT molecular complexity index is 527. The zero-order valence-corrected chi connectivity index (χ0v) is 14.3. The molecule has 0 amide bonds. The van der Waals surface area contributed by atoms with E-state index >= 15 is 0 Å². The molecule has 0 unspecified atom stereocenters. The zero-order valence-electron chi connectivity index (χ0n) is 12.7. The van der Waals surface area contributed by atoms with Crippen molar-refractivity contribution in [2.75, 3.05) is 26.2 Å². The van der Waals surface area contributed by atoms with Gasteiger partial charge in [0, 0.05) is 32.2 Å². The third-order valence-corrected chi connectivity index (χ3v) is 4.86. The molecular weight excluding hydrogens is 348 g/mol. The molecule has 130 valence electrons. The van der Waals surface area contributed by atoms with E-state index in [1.807, 2.05) is 0 Å².